The summed E-state index contributed by atoms with van der Waals surface area (Å²) >= 11 is 0. The van der Waals surface area contributed by atoms with Crippen LogP contribution in [0.4, 0.5) is 0 Å². The van der Waals surface area contributed by atoms with Gasteiger partial charge in [0.05, 0.1) is 22.6 Å². The van der Waals surface area contributed by atoms with Crippen LogP contribution in [0.5, 0.6) is 0 Å². The summed E-state index contributed by atoms with van der Waals surface area (Å²) in [4.78, 5) is 0. The summed E-state index contributed by atoms with van der Waals surface area (Å²) in [6.45, 7) is 4.36. The number of nitriles is 1. The van der Waals surface area contributed by atoms with E-state index in [1.807, 2.05) is 18.2 Å². The molecule has 1 aliphatic rings. The molecule has 5 aromatic rings. The fourth-order valence-corrected chi connectivity index (χ4v) is 5.90. The lowest BCUT2D eigenvalue weighted by atomic mass is 9.92. The van der Waals surface area contributed by atoms with Gasteiger partial charge in [-0.1, -0.05) is 37.8 Å². The zero-order valence-electron chi connectivity index (χ0n) is 20.1. The second-order valence-corrected chi connectivity index (χ2v) is 10.0. The van der Waals surface area contributed by atoms with Crippen LogP contribution in [0.25, 0.3) is 44.0 Å². The molecule has 0 atom stereocenters. The quantitative estimate of drug-likeness (QED) is 0.271. The summed E-state index contributed by atoms with van der Waals surface area (Å²) in [5, 5.41) is 14.0. The fourth-order valence-electron chi connectivity index (χ4n) is 5.90. The van der Waals surface area contributed by atoms with Gasteiger partial charge in [-0.25, -0.2) is 4.57 Å². The molecule has 3 heteroatoms. The van der Waals surface area contributed by atoms with Gasteiger partial charge in [0.1, 0.15) is 18.2 Å². The molecule has 2 aromatic heterocycles. The van der Waals surface area contributed by atoms with Gasteiger partial charge in [-0.2, -0.15) is 5.26 Å². The Hall–Kier alpha value is -3.64. The summed E-state index contributed by atoms with van der Waals surface area (Å²) in [7, 11) is 2.12. The van der Waals surface area contributed by atoms with E-state index in [1.165, 1.54) is 65.3 Å². The predicted molar refractivity (Wildman–Crippen MR) is 138 cm³/mol. The topological polar surface area (TPSA) is 40.8 Å². The molecule has 3 nitrogen and oxygen atoms in total. The molecule has 168 valence electrons. The molecule has 0 radical (unpaired) electrons. The predicted octanol–water partition coefficient (Wildman–Crippen LogP) is 7.45. The zero-order chi connectivity index (χ0) is 23.4. The molecule has 0 N–H and O–H groups in total. The summed E-state index contributed by atoms with van der Waals surface area (Å²) in [6, 6.07) is 19.4. The lowest BCUT2D eigenvalue weighted by Crippen LogP contribution is -2.31. The highest BCUT2D eigenvalue weighted by atomic mass is 16.3. The van der Waals surface area contributed by atoms with Crippen molar-refractivity contribution in [1.82, 2.24) is 0 Å². The number of hydrogen-bond donors (Lipinski definition) is 0. The van der Waals surface area contributed by atoms with Crippen molar-refractivity contribution in [1.29, 1.82) is 5.26 Å². The first kappa shape index (κ1) is 20.9. The smallest absolute Gasteiger partial charge is 0.224 e. The normalized spacial score (nSPS) is 14.4. The third-order valence-electron chi connectivity index (χ3n) is 7.85. The van der Waals surface area contributed by atoms with E-state index in [0.717, 1.165) is 33.4 Å². The van der Waals surface area contributed by atoms with Gasteiger partial charge >= 0.3 is 0 Å². The monoisotopic (exact) mass is 445 g/mol. The summed E-state index contributed by atoms with van der Waals surface area (Å²) in [6.07, 6.45) is 8.86. The minimum absolute atomic E-state index is 0.618. The van der Waals surface area contributed by atoms with Gasteiger partial charge in [0.15, 0.2) is 6.20 Å². The van der Waals surface area contributed by atoms with Crippen LogP contribution in [0.2, 0.25) is 0 Å². The average molecular weight is 446 g/mol. The highest BCUT2D eigenvalue weighted by Gasteiger charge is 2.25. The van der Waals surface area contributed by atoms with Crippen LogP contribution in [0.1, 0.15) is 47.9 Å². The van der Waals surface area contributed by atoms with Gasteiger partial charge in [0.25, 0.3) is 0 Å². The van der Waals surface area contributed by atoms with Crippen molar-refractivity contribution in [3.8, 4) is 17.3 Å². The lowest BCUT2D eigenvalue weighted by Gasteiger charge is -2.13. The van der Waals surface area contributed by atoms with Crippen molar-refractivity contribution in [2.75, 3.05) is 0 Å². The highest BCUT2D eigenvalue weighted by Crippen LogP contribution is 2.41. The third kappa shape index (κ3) is 3.29. The van der Waals surface area contributed by atoms with Crippen LogP contribution >= 0.6 is 0 Å². The standard InChI is InChI=1S/C31H29N2O/c1-19-14-27-26-11-9-23(18-32)17-28(26)34-31(27)29(20(19)2)30-25-10-8-22(15-21-6-4-5-7-21)16-24(25)12-13-33(30)3/h8-14,16-17,21H,4-7,15H2,1-3H3/q+1. The molecule has 1 fully saturated rings. The van der Waals surface area contributed by atoms with Gasteiger partial charge in [0, 0.05) is 16.8 Å². The minimum Gasteiger partial charge on any atom is -0.455 e. The van der Waals surface area contributed by atoms with Crippen molar-refractivity contribution in [2.24, 2.45) is 13.0 Å². The minimum atomic E-state index is 0.618. The number of fused-ring (bicyclic) bond motifs is 4. The molecule has 1 saturated carbocycles. The number of rotatable bonds is 3. The summed E-state index contributed by atoms with van der Waals surface area (Å²) in [5.41, 5.74) is 8.50. The van der Waals surface area contributed by atoms with Gasteiger partial charge in [-0.15, -0.1) is 0 Å². The Bertz CT molecular complexity index is 1630. The number of hydrogen-bond acceptors (Lipinski definition) is 2. The van der Waals surface area contributed by atoms with E-state index in [9.17, 15) is 5.26 Å². The van der Waals surface area contributed by atoms with E-state index < -0.39 is 0 Å². The molecule has 0 bridgehead atoms. The number of aromatic nitrogens is 1. The molecule has 1 aliphatic carbocycles. The molecule has 6 rings (SSSR count). The molecule has 0 unspecified atom stereocenters. The molecule has 0 aliphatic heterocycles. The van der Waals surface area contributed by atoms with Crippen molar-refractivity contribution in [3.63, 3.8) is 0 Å². The van der Waals surface area contributed by atoms with E-state index in [2.05, 4.69) is 68.1 Å². The van der Waals surface area contributed by atoms with Crippen LogP contribution < -0.4 is 4.57 Å². The number of furan rings is 1. The van der Waals surface area contributed by atoms with Crippen LogP contribution in [0.15, 0.2) is 59.1 Å². The Morgan fingerprint density at radius 2 is 1.76 bits per heavy atom. The first-order chi connectivity index (χ1) is 16.5. The first-order valence-electron chi connectivity index (χ1n) is 12.3. The van der Waals surface area contributed by atoms with Gasteiger partial charge in [0.2, 0.25) is 5.69 Å². The third-order valence-corrected chi connectivity index (χ3v) is 7.85. The van der Waals surface area contributed by atoms with E-state index >= 15 is 0 Å². The van der Waals surface area contributed by atoms with Crippen LogP contribution in [-0.2, 0) is 13.5 Å². The largest absolute Gasteiger partial charge is 0.455 e. The number of benzene rings is 3. The molecular weight excluding hydrogens is 416 g/mol. The SMILES string of the molecule is Cc1cc2c(oc3cc(C#N)ccc32)c(-c2c3ccc(CC4CCCC4)cc3cc[n+]2C)c1C. The number of aryl methyl sites for hydroxylation is 2. The Morgan fingerprint density at radius 1 is 0.971 bits per heavy atom. The Morgan fingerprint density at radius 3 is 2.56 bits per heavy atom. The van der Waals surface area contributed by atoms with E-state index in [1.54, 1.807) is 0 Å². The van der Waals surface area contributed by atoms with Crippen molar-refractivity contribution in [3.05, 3.63) is 77.0 Å². The molecular formula is C31H29N2O+. The van der Waals surface area contributed by atoms with E-state index in [-0.39, 0.29) is 0 Å². The first-order valence-corrected chi connectivity index (χ1v) is 12.3. The second kappa shape index (κ2) is 7.99. The van der Waals surface area contributed by atoms with E-state index in [0.29, 0.717) is 5.56 Å². The molecule has 2 heterocycles. The second-order valence-electron chi connectivity index (χ2n) is 10.0. The van der Waals surface area contributed by atoms with Gasteiger partial charge < -0.3 is 4.42 Å². The maximum Gasteiger partial charge on any atom is 0.224 e. The highest BCUT2D eigenvalue weighted by molar-refractivity contribution is 6.12. The van der Waals surface area contributed by atoms with Crippen molar-refractivity contribution < 1.29 is 8.98 Å². The summed E-state index contributed by atoms with van der Waals surface area (Å²) < 4.78 is 8.68. The van der Waals surface area contributed by atoms with Crippen molar-refractivity contribution >= 4 is 32.7 Å². The molecule has 34 heavy (non-hydrogen) atoms. The maximum atomic E-state index is 9.36. The Balaban J connectivity index is 1.60. The zero-order valence-corrected chi connectivity index (χ0v) is 20.1. The Kier molecular flexibility index (Phi) is 4.92. The van der Waals surface area contributed by atoms with Gasteiger partial charge in [-0.05, 0) is 78.6 Å². The number of pyridine rings is 1. The maximum absolute atomic E-state index is 9.36. The molecule has 0 saturated heterocycles. The van der Waals surface area contributed by atoms with Crippen LogP contribution in [0.3, 0.4) is 0 Å². The van der Waals surface area contributed by atoms with Gasteiger partial charge in [-0.3, -0.25) is 0 Å². The van der Waals surface area contributed by atoms with Crippen LogP contribution in [-0.4, -0.2) is 0 Å². The molecule has 0 spiro atoms. The van der Waals surface area contributed by atoms with Crippen molar-refractivity contribution in [2.45, 2.75) is 46.0 Å². The average Bonchev–Trinajstić information content (AvgIpc) is 3.48. The van der Waals surface area contributed by atoms with Crippen LogP contribution in [0, 0.1) is 31.1 Å². The fraction of sp³-hybridized carbons (Fsp3) is 0.290. The van der Waals surface area contributed by atoms with E-state index in [4.69, 9.17) is 4.42 Å². The summed E-state index contributed by atoms with van der Waals surface area (Å²) in [5.74, 6) is 0.837. The Labute approximate surface area is 200 Å². The molecule has 0 amide bonds. The lowest BCUT2D eigenvalue weighted by molar-refractivity contribution is -0.659. The molecule has 3 aromatic carbocycles. The number of nitrogens with zero attached hydrogens (tertiary/aromatic N) is 2.